The van der Waals surface area contributed by atoms with E-state index in [4.69, 9.17) is 28.3 Å². The molecule has 6 heteroatoms. The molecule has 0 bridgehead atoms. The van der Waals surface area contributed by atoms with Crippen LogP contribution in [-0.4, -0.2) is 17.6 Å². The van der Waals surface area contributed by atoms with E-state index in [0.717, 1.165) is 4.88 Å². The third-order valence-electron chi connectivity index (χ3n) is 2.48. The van der Waals surface area contributed by atoms with E-state index < -0.39 is 0 Å². The summed E-state index contributed by atoms with van der Waals surface area (Å²) in [6.07, 6.45) is 0.414. The maximum Gasteiger partial charge on any atom is 0.265 e. The summed E-state index contributed by atoms with van der Waals surface area (Å²) in [4.78, 5) is 13.4. The van der Waals surface area contributed by atoms with Crippen LogP contribution in [0.25, 0.3) is 0 Å². The average Bonchev–Trinajstić information content (AvgIpc) is 2.93. The standard InChI is InChI=1S/C15H11Cl2NO2S/c16-11-5-3-6-12(14(11)17)18-15(20)13-8-7-10(21-13)4-1-2-9-19/h3,5-8,19H,2,9H2,(H,18,20). The second-order valence-electron chi connectivity index (χ2n) is 3.99. The van der Waals surface area contributed by atoms with Gasteiger partial charge in [0.15, 0.2) is 0 Å². The molecule has 0 fully saturated rings. The number of nitrogens with one attached hydrogen (secondary N) is 1. The first kappa shape index (κ1) is 15.9. The van der Waals surface area contributed by atoms with Crippen LogP contribution in [0.4, 0.5) is 5.69 Å². The van der Waals surface area contributed by atoms with Gasteiger partial charge in [0.2, 0.25) is 0 Å². The van der Waals surface area contributed by atoms with E-state index in [-0.39, 0.29) is 12.5 Å². The Kier molecular flexibility index (Phi) is 5.66. The molecule has 0 aliphatic rings. The Morgan fingerprint density at radius 3 is 2.86 bits per heavy atom. The summed E-state index contributed by atoms with van der Waals surface area (Å²) in [5.74, 6) is 5.43. The molecule has 2 rings (SSSR count). The molecule has 2 N–H and O–H groups in total. The minimum atomic E-state index is -0.264. The number of aliphatic hydroxyl groups is 1. The number of rotatable bonds is 3. The highest BCUT2D eigenvalue weighted by Crippen LogP contribution is 2.30. The Hall–Kier alpha value is -1.51. The van der Waals surface area contributed by atoms with Gasteiger partial charge in [0, 0.05) is 6.42 Å². The molecule has 0 saturated heterocycles. The Bertz CT molecular complexity index is 716. The van der Waals surface area contributed by atoms with E-state index in [1.54, 1.807) is 30.3 Å². The summed E-state index contributed by atoms with van der Waals surface area (Å²) in [6, 6.07) is 8.51. The van der Waals surface area contributed by atoms with Crippen LogP contribution in [0.2, 0.25) is 10.0 Å². The Morgan fingerprint density at radius 1 is 1.29 bits per heavy atom. The van der Waals surface area contributed by atoms with E-state index in [1.807, 2.05) is 0 Å². The predicted molar refractivity (Wildman–Crippen MR) is 87.3 cm³/mol. The van der Waals surface area contributed by atoms with Crippen LogP contribution in [0.3, 0.4) is 0 Å². The van der Waals surface area contributed by atoms with Gasteiger partial charge in [-0.05, 0) is 24.3 Å². The monoisotopic (exact) mass is 339 g/mol. The number of hydrogen-bond donors (Lipinski definition) is 2. The molecule has 1 aromatic carbocycles. The summed E-state index contributed by atoms with van der Waals surface area (Å²) >= 11 is 13.2. The highest BCUT2D eigenvalue weighted by molar-refractivity contribution is 7.14. The minimum Gasteiger partial charge on any atom is -0.395 e. The molecule has 0 saturated carbocycles. The fourth-order valence-corrected chi connectivity index (χ4v) is 2.64. The number of carbonyl (C=O) groups excluding carboxylic acids is 1. The summed E-state index contributed by atoms with van der Waals surface area (Å²) in [7, 11) is 0. The first-order chi connectivity index (χ1) is 10.1. The molecule has 1 amide bonds. The molecule has 0 radical (unpaired) electrons. The van der Waals surface area contributed by atoms with E-state index in [2.05, 4.69) is 17.2 Å². The van der Waals surface area contributed by atoms with Crippen LogP contribution >= 0.6 is 34.5 Å². The third-order valence-corrected chi connectivity index (χ3v) is 4.30. The van der Waals surface area contributed by atoms with E-state index >= 15 is 0 Å². The third kappa shape index (κ3) is 4.23. The van der Waals surface area contributed by atoms with Gasteiger partial charge in [-0.2, -0.15) is 0 Å². The summed E-state index contributed by atoms with van der Waals surface area (Å²) in [5, 5.41) is 12.1. The molecule has 21 heavy (non-hydrogen) atoms. The van der Waals surface area contributed by atoms with E-state index in [0.29, 0.717) is 27.0 Å². The molecule has 0 spiro atoms. The van der Waals surface area contributed by atoms with Gasteiger partial charge >= 0.3 is 0 Å². The maximum absolute atomic E-state index is 12.1. The van der Waals surface area contributed by atoms with Gasteiger partial charge in [0.1, 0.15) is 0 Å². The molecule has 2 aromatic rings. The summed E-state index contributed by atoms with van der Waals surface area (Å²) < 4.78 is 0. The quantitative estimate of drug-likeness (QED) is 0.829. The van der Waals surface area contributed by atoms with E-state index in [9.17, 15) is 4.79 Å². The van der Waals surface area contributed by atoms with Crippen molar-refractivity contribution in [1.82, 2.24) is 0 Å². The highest BCUT2D eigenvalue weighted by Gasteiger charge is 2.12. The average molecular weight is 340 g/mol. The SMILES string of the molecule is O=C(Nc1cccc(Cl)c1Cl)c1ccc(C#CCCO)s1. The number of anilines is 1. The zero-order valence-electron chi connectivity index (χ0n) is 10.8. The highest BCUT2D eigenvalue weighted by atomic mass is 35.5. The van der Waals surface area contributed by atoms with Crippen LogP contribution in [0.5, 0.6) is 0 Å². The van der Waals surface area contributed by atoms with Crippen molar-refractivity contribution < 1.29 is 9.90 Å². The molecule has 0 atom stereocenters. The summed E-state index contributed by atoms with van der Waals surface area (Å²) in [6.45, 7) is 0.0268. The van der Waals surface area contributed by atoms with Crippen molar-refractivity contribution in [3.8, 4) is 11.8 Å². The van der Waals surface area contributed by atoms with Gasteiger partial charge in [-0.1, -0.05) is 41.1 Å². The van der Waals surface area contributed by atoms with Crippen LogP contribution in [0, 0.1) is 11.8 Å². The Labute approximate surface area is 136 Å². The van der Waals surface area contributed by atoms with Crippen LogP contribution in [0.15, 0.2) is 30.3 Å². The second-order valence-corrected chi connectivity index (χ2v) is 5.86. The van der Waals surface area contributed by atoms with Crippen LogP contribution < -0.4 is 5.32 Å². The molecule has 3 nitrogen and oxygen atoms in total. The molecule has 1 aromatic heterocycles. The molecule has 1 heterocycles. The fraction of sp³-hybridized carbons (Fsp3) is 0.133. The lowest BCUT2D eigenvalue weighted by Gasteiger charge is -2.06. The van der Waals surface area contributed by atoms with Gasteiger partial charge < -0.3 is 10.4 Å². The zero-order chi connectivity index (χ0) is 15.2. The van der Waals surface area contributed by atoms with Crippen molar-refractivity contribution in [1.29, 1.82) is 0 Å². The number of thiophene rings is 1. The Morgan fingerprint density at radius 2 is 2.10 bits per heavy atom. The van der Waals surface area contributed by atoms with Crippen LogP contribution in [-0.2, 0) is 0 Å². The fourth-order valence-electron chi connectivity index (χ4n) is 1.52. The lowest BCUT2D eigenvalue weighted by molar-refractivity contribution is 0.103. The lowest BCUT2D eigenvalue weighted by Crippen LogP contribution is -2.10. The maximum atomic E-state index is 12.1. The molecule has 0 aliphatic carbocycles. The van der Waals surface area contributed by atoms with Gasteiger partial charge in [0.25, 0.3) is 5.91 Å². The van der Waals surface area contributed by atoms with Crippen molar-refractivity contribution in [3.05, 3.63) is 50.1 Å². The van der Waals surface area contributed by atoms with Crippen molar-refractivity contribution in [2.24, 2.45) is 0 Å². The topological polar surface area (TPSA) is 49.3 Å². The molecule has 0 unspecified atom stereocenters. The largest absolute Gasteiger partial charge is 0.395 e. The normalized spacial score (nSPS) is 9.86. The number of carbonyl (C=O) groups is 1. The zero-order valence-corrected chi connectivity index (χ0v) is 13.1. The van der Waals surface area contributed by atoms with Gasteiger partial charge in [0.05, 0.1) is 32.1 Å². The Balaban J connectivity index is 2.11. The van der Waals surface area contributed by atoms with Gasteiger partial charge in [-0.25, -0.2) is 0 Å². The predicted octanol–water partition coefficient (Wildman–Crippen LogP) is 4.04. The molecular formula is C15H11Cl2NO2S. The van der Waals surface area contributed by atoms with Crippen LogP contribution in [0.1, 0.15) is 21.0 Å². The second kappa shape index (κ2) is 7.48. The number of amides is 1. The van der Waals surface area contributed by atoms with E-state index in [1.165, 1.54) is 11.3 Å². The van der Waals surface area contributed by atoms with Gasteiger partial charge in [-0.15, -0.1) is 11.3 Å². The first-order valence-corrected chi connectivity index (χ1v) is 7.64. The molecule has 108 valence electrons. The number of halogens is 2. The van der Waals surface area contributed by atoms with Crippen molar-refractivity contribution >= 4 is 46.1 Å². The minimum absolute atomic E-state index is 0.0268. The van der Waals surface area contributed by atoms with Crippen molar-refractivity contribution in [2.75, 3.05) is 11.9 Å². The van der Waals surface area contributed by atoms with Crippen molar-refractivity contribution in [2.45, 2.75) is 6.42 Å². The first-order valence-electron chi connectivity index (χ1n) is 6.06. The lowest BCUT2D eigenvalue weighted by atomic mass is 10.3. The molecular weight excluding hydrogens is 329 g/mol. The van der Waals surface area contributed by atoms with Gasteiger partial charge in [-0.3, -0.25) is 4.79 Å². The number of hydrogen-bond acceptors (Lipinski definition) is 3. The number of benzene rings is 1. The molecule has 0 aliphatic heterocycles. The number of aliphatic hydroxyl groups excluding tert-OH is 1. The summed E-state index contributed by atoms with van der Waals surface area (Å²) in [5.41, 5.74) is 0.468. The van der Waals surface area contributed by atoms with Crippen molar-refractivity contribution in [3.63, 3.8) is 0 Å². The smallest absolute Gasteiger partial charge is 0.265 e.